The minimum atomic E-state index is -0.148. The number of aliphatic hydroxyl groups is 1. The summed E-state index contributed by atoms with van der Waals surface area (Å²) in [7, 11) is 0. The largest absolute Gasteiger partial charge is 0.394 e. The van der Waals surface area contributed by atoms with Gasteiger partial charge in [-0.2, -0.15) is 5.10 Å². The van der Waals surface area contributed by atoms with Crippen LogP contribution >= 0.6 is 15.9 Å². The number of likely N-dealkylation sites (N-methyl/N-ethyl adjacent to an activating group) is 1. The zero-order valence-corrected chi connectivity index (χ0v) is 14.0. The maximum atomic E-state index is 9.43. The second-order valence-corrected chi connectivity index (χ2v) is 6.21. The summed E-state index contributed by atoms with van der Waals surface area (Å²) < 4.78 is 3.17. The number of hydrogen-bond donors (Lipinski definition) is 2. The summed E-state index contributed by atoms with van der Waals surface area (Å²) in [6.07, 6.45) is 3.15. The van der Waals surface area contributed by atoms with Crippen molar-refractivity contribution >= 4 is 15.9 Å². The first kappa shape index (κ1) is 16.7. The topological polar surface area (TPSA) is 50.1 Å². The molecular formula is C14H26BrN3O. The average Bonchev–Trinajstić information content (AvgIpc) is 2.63. The third-order valence-corrected chi connectivity index (χ3v) is 4.74. The number of aryl methyl sites for hydroxylation is 2. The number of hydrogen-bond acceptors (Lipinski definition) is 3. The van der Waals surface area contributed by atoms with E-state index in [0.29, 0.717) is 0 Å². The Bertz CT molecular complexity index is 406. The van der Waals surface area contributed by atoms with Crippen LogP contribution in [0, 0.1) is 13.8 Å². The molecule has 0 aliphatic carbocycles. The van der Waals surface area contributed by atoms with E-state index in [1.807, 2.05) is 6.92 Å². The zero-order chi connectivity index (χ0) is 14.5. The van der Waals surface area contributed by atoms with E-state index >= 15 is 0 Å². The Kier molecular flexibility index (Phi) is 6.50. The highest BCUT2D eigenvalue weighted by molar-refractivity contribution is 9.10. The summed E-state index contributed by atoms with van der Waals surface area (Å²) in [5.41, 5.74) is 2.09. The lowest BCUT2D eigenvalue weighted by molar-refractivity contribution is 0.164. The summed E-state index contributed by atoms with van der Waals surface area (Å²) in [4.78, 5) is 0. The third-order valence-electron chi connectivity index (χ3n) is 3.59. The quantitative estimate of drug-likeness (QED) is 0.720. The number of unbranched alkanes of at least 4 members (excludes halogenated alkanes) is 1. The fourth-order valence-electron chi connectivity index (χ4n) is 2.32. The molecule has 0 spiro atoms. The summed E-state index contributed by atoms with van der Waals surface area (Å²) >= 11 is 3.55. The van der Waals surface area contributed by atoms with Crippen molar-refractivity contribution in [3.05, 3.63) is 15.9 Å². The van der Waals surface area contributed by atoms with Crippen molar-refractivity contribution in [2.75, 3.05) is 13.2 Å². The van der Waals surface area contributed by atoms with E-state index in [9.17, 15) is 5.11 Å². The van der Waals surface area contributed by atoms with Crippen molar-refractivity contribution in [3.63, 3.8) is 0 Å². The van der Waals surface area contributed by atoms with Crippen LogP contribution in [0.4, 0.5) is 0 Å². The van der Waals surface area contributed by atoms with Crippen LogP contribution in [0.5, 0.6) is 0 Å². The molecule has 0 radical (unpaired) electrons. The molecule has 0 aromatic carbocycles. The van der Waals surface area contributed by atoms with Gasteiger partial charge in [-0.15, -0.1) is 0 Å². The van der Waals surface area contributed by atoms with Crippen LogP contribution in [0.2, 0.25) is 0 Å². The van der Waals surface area contributed by atoms with Crippen LogP contribution in [-0.4, -0.2) is 33.6 Å². The van der Waals surface area contributed by atoms with Gasteiger partial charge < -0.3 is 10.4 Å². The van der Waals surface area contributed by atoms with Gasteiger partial charge in [0.15, 0.2) is 0 Å². The molecule has 0 saturated heterocycles. The van der Waals surface area contributed by atoms with Crippen LogP contribution in [0.3, 0.4) is 0 Å². The van der Waals surface area contributed by atoms with Gasteiger partial charge in [-0.25, -0.2) is 0 Å². The summed E-state index contributed by atoms with van der Waals surface area (Å²) in [6.45, 7) is 10.3. The molecule has 1 rings (SSSR count). The molecule has 1 heterocycles. The monoisotopic (exact) mass is 331 g/mol. The Labute approximate surface area is 124 Å². The molecule has 0 fully saturated rings. The maximum absolute atomic E-state index is 9.43. The number of halogens is 1. The van der Waals surface area contributed by atoms with Crippen LogP contribution in [0.15, 0.2) is 4.47 Å². The molecule has 110 valence electrons. The van der Waals surface area contributed by atoms with Crippen molar-refractivity contribution in [3.8, 4) is 0 Å². The molecule has 0 aliphatic rings. The van der Waals surface area contributed by atoms with E-state index in [0.717, 1.165) is 42.5 Å². The van der Waals surface area contributed by atoms with Gasteiger partial charge in [0.25, 0.3) is 0 Å². The molecule has 0 saturated carbocycles. The molecular weight excluding hydrogens is 306 g/mol. The number of nitrogens with one attached hydrogen (secondary N) is 1. The van der Waals surface area contributed by atoms with E-state index in [1.165, 1.54) is 5.69 Å². The second kappa shape index (κ2) is 7.41. The fraction of sp³-hybridized carbons (Fsp3) is 0.786. The minimum Gasteiger partial charge on any atom is -0.394 e. The normalized spacial score (nSPS) is 14.6. The van der Waals surface area contributed by atoms with Crippen LogP contribution in [0.1, 0.15) is 44.5 Å². The van der Waals surface area contributed by atoms with Gasteiger partial charge in [-0.3, -0.25) is 4.68 Å². The first-order valence-electron chi connectivity index (χ1n) is 6.99. The predicted molar refractivity (Wildman–Crippen MR) is 82.4 cm³/mol. The second-order valence-electron chi connectivity index (χ2n) is 5.41. The van der Waals surface area contributed by atoms with E-state index < -0.39 is 0 Å². The first-order valence-corrected chi connectivity index (χ1v) is 7.78. The van der Waals surface area contributed by atoms with Crippen molar-refractivity contribution in [2.24, 2.45) is 0 Å². The number of aliphatic hydroxyl groups excluding tert-OH is 1. The molecule has 5 heteroatoms. The highest BCUT2D eigenvalue weighted by Gasteiger charge is 2.20. The van der Waals surface area contributed by atoms with E-state index in [4.69, 9.17) is 0 Å². The molecule has 4 nitrogen and oxygen atoms in total. The summed E-state index contributed by atoms with van der Waals surface area (Å²) in [6, 6.07) is 0. The first-order chi connectivity index (χ1) is 8.93. The lowest BCUT2D eigenvalue weighted by Crippen LogP contribution is -2.45. The van der Waals surface area contributed by atoms with Gasteiger partial charge in [0.05, 0.1) is 16.8 Å². The number of rotatable bonds is 8. The lowest BCUT2D eigenvalue weighted by atomic mass is 9.96. The smallest absolute Gasteiger partial charge is 0.0738 e. The predicted octanol–water partition coefficient (Wildman–Crippen LogP) is 2.79. The molecule has 19 heavy (non-hydrogen) atoms. The molecule has 1 aromatic heterocycles. The molecule has 1 aromatic rings. The van der Waals surface area contributed by atoms with Crippen LogP contribution in [-0.2, 0) is 6.54 Å². The standard InChI is InChI=1S/C14H26BrN3O/c1-5-16-14(4,10-19)8-6-7-9-18-12(3)13(15)11(2)17-18/h16,19H,5-10H2,1-4H3. The molecule has 1 unspecified atom stereocenters. The SMILES string of the molecule is CCNC(C)(CO)CCCCn1nc(C)c(Br)c1C. The van der Waals surface area contributed by atoms with Crippen molar-refractivity contribution in [2.45, 2.75) is 59.0 Å². The Morgan fingerprint density at radius 2 is 2.05 bits per heavy atom. The maximum Gasteiger partial charge on any atom is 0.0738 e. The van der Waals surface area contributed by atoms with Crippen LogP contribution < -0.4 is 5.32 Å². The number of nitrogens with zero attached hydrogens (tertiary/aromatic N) is 2. The van der Waals surface area contributed by atoms with Crippen molar-refractivity contribution in [1.29, 1.82) is 0 Å². The molecule has 0 bridgehead atoms. The molecule has 0 amide bonds. The molecule has 1 atom stereocenters. The highest BCUT2D eigenvalue weighted by Crippen LogP contribution is 2.20. The Morgan fingerprint density at radius 3 is 2.53 bits per heavy atom. The summed E-state index contributed by atoms with van der Waals surface area (Å²) in [5.74, 6) is 0. The molecule has 2 N–H and O–H groups in total. The Hall–Kier alpha value is -0.390. The van der Waals surface area contributed by atoms with Gasteiger partial charge in [0.1, 0.15) is 0 Å². The summed E-state index contributed by atoms with van der Waals surface area (Å²) in [5, 5.41) is 17.3. The average molecular weight is 332 g/mol. The third kappa shape index (κ3) is 4.58. The molecule has 0 aliphatic heterocycles. The lowest BCUT2D eigenvalue weighted by Gasteiger charge is -2.28. The van der Waals surface area contributed by atoms with Crippen molar-refractivity contribution < 1.29 is 5.11 Å². The Balaban J connectivity index is 2.40. The van der Waals surface area contributed by atoms with Gasteiger partial charge in [0.2, 0.25) is 0 Å². The minimum absolute atomic E-state index is 0.148. The fourth-order valence-corrected chi connectivity index (χ4v) is 2.60. The van der Waals surface area contributed by atoms with Gasteiger partial charge >= 0.3 is 0 Å². The van der Waals surface area contributed by atoms with Gasteiger partial charge in [-0.05, 0) is 62.5 Å². The van der Waals surface area contributed by atoms with E-state index in [-0.39, 0.29) is 12.1 Å². The van der Waals surface area contributed by atoms with Crippen molar-refractivity contribution in [1.82, 2.24) is 15.1 Å². The van der Waals surface area contributed by atoms with Gasteiger partial charge in [0, 0.05) is 17.8 Å². The van der Waals surface area contributed by atoms with Gasteiger partial charge in [-0.1, -0.05) is 6.92 Å². The van der Waals surface area contributed by atoms with E-state index in [2.05, 4.69) is 51.8 Å². The van der Waals surface area contributed by atoms with E-state index in [1.54, 1.807) is 0 Å². The number of aromatic nitrogens is 2. The Morgan fingerprint density at radius 1 is 1.37 bits per heavy atom. The van der Waals surface area contributed by atoms with Crippen LogP contribution in [0.25, 0.3) is 0 Å². The highest BCUT2D eigenvalue weighted by atomic mass is 79.9. The zero-order valence-electron chi connectivity index (χ0n) is 12.5.